The highest BCUT2D eigenvalue weighted by molar-refractivity contribution is 6.07. The Labute approximate surface area is 149 Å². The number of nitrogens with one attached hydrogen (secondary N) is 2. The van der Waals surface area contributed by atoms with E-state index in [-0.39, 0.29) is 34.8 Å². The second kappa shape index (κ2) is 6.29. The number of rotatable bonds is 5. The van der Waals surface area contributed by atoms with Crippen LogP contribution in [0, 0.1) is 0 Å². The van der Waals surface area contributed by atoms with Crippen molar-refractivity contribution in [3.05, 3.63) is 46.5 Å². The summed E-state index contributed by atoms with van der Waals surface area (Å²) < 4.78 is 7.34. The molecule has 8 nitrogen and oxygen atoms in total. The predicted molar refractivity (Wildman–Crippen MR) is 96.6 cm³/mol. The first kappa shape index (κ1) is 16.3. The predicted octanol–water partition coefficient (Wildman–Crippen LogP) is 2.49. The Morgan fingerprint density at radius 3 is 2.96 bits per heavy atom. The molecule has 0 saturated heterocycles. The minimum atomic E-state index is -0.443. The lowest BCUT2D eigenvalue weighted by atomic mass is 10.2. The Kier molecular flexibility index (Phi) is 3.95. The Morgan fingerprint density at radius 1 is 1.42 bits per heavy atom. The van der Waals surface area contributed by atoms with Crippen LogP contribution in [0.4, 0.5) is 5.69 Å². The number of amides is 1. The molecule has 0 aliphatic heterocycles. The first-order valence-corrected chi connectivity index (χ1v) is 8.56. The average Bonchev–Trinajstić information content (AvgIpc) is 3.33. The molecular weight excluding hydrogens is 334 g/mol. The number of H-pyrrole nitrogens is 1. The molecule has 1 amide bonds. The highest BCUT2D eigenvalue weighted by atomic mass is 16.5. The SMILES string of the molecule is CC(C)Oc1nc2n[nH]cc2cc1C(=O)Nc1cccn(C2CC2)c1=O. The summed E-state index contributed by atoms with van der Waals surface area (Å²) in [6, 6.07) is 5.26. The summed E-state index contributed by atoms with van der Waals surface area (Å²) in [6.07, 6.45) is 5.23. The summed E-state index contributed by atoms with van der Waals surface area (Å²) in [5, 5.41) is 10.1. The zero-order chi connectivity index (χ0) is 18.3. The summed E-state index contributed by atoms with van der Waals surface area (Å²) in [5.74, 6) is -0.252. The van der Waals surface area contributed by atoms with Gasteiger partial charge >= 0.3 is 0 Å². The first-order chi connectivity index (χ1) is 12.5. The number of pyridine rings is 2. The molecule has 1 fully saturated rings. The van der Waals surface area contributed by atoms with Gasteiger partial charge in [0.1, 0.15) is 11.3 Å². The van der Waals surface area contributed by atoms with E-state index in [4.69, 9.17) is 4.74 Å². The molecule has 0 radical (unpaired) electrons. The Hall–Kier alpha value is -3.16. The maximum atomic E-state index is 12.8. The van der Waals surface area contributed by atoms with Gasteiger partial charge in [-0.05, 0) is 44.9 Å². The average molecular weight is 353 g/mol. The van der Waals surface area contributed by atoms with Crippen molar-refractivity contribution >= 4 is 22.6 Å². The molecule has 0 unspecified atom stereocenters. The van der Waals surface area contributed by atoms with E-state index in [0.29, 0.717) is 11.0 Å². The van der Waals surface area contributed by atoms with Gasteiger partial charge in [-0.25, -0.2) is 0 Å². The van der Waals surface area contributed by atoms with Crippen LogP contribution in [0.15, 0.2) is 35.4 Å². The second-order valence-electron chi connectivity index (χ2n) is 6.63. The summed E-state index contributed by atoms with van der Waals surface area (Å²) in [7, 11) is 0. The summed E-state index contributed by atoms with van der Waals surface area (Å²) in [4.78, 5) is 29.7. The Balaban J connectivity index is 1.69. The quantitative estimate of drug-likeness (QED) is 0.734. The van der Waals surface area contributed by atoms with Gasteiger partial charge in [-0.2, -0.15) is 10.1 Å². The van der Waals surface area contributed by atoms with Crippen LogP contribution < -0.4 is 15.6 Å². The monoisotopic (exact) mass is 353 g/mol. The van der Waals surface area contributed by atoms with E-state index in [9.17, 15) is 9.59 Å². The fourth-order valence-electron chi connectivity index (χ4n) is 2.77. The van der Waals surface area contributed by atoms with Crippen molar-refractivity contribution < 1.29 is 9.53 Å². The number of aromatic nitrogens is 4. The second-order valence-corrected chi connectivity index (χ2v) is 6.63. The minimum Gasteiger partial charge on any atom is -0.474 e. The van der Waals surface area contributed by atoms with Gasteiger partial charge in [0.2, 0.25) is 5.88 Å². The molecule has 1 aliphatic rings. The van der Waals surface area contributed by atoms with Crippen molar-refractivity contribution in [3.8, 4) is 5.88 Å². The van der Waals surface area contributed by atoms with Crippen molar-refractivity contribution in [3.63, 3.8) is 0 Å². The molecule has 8 heteroatoms. The molecule has 0 bridgehead atoms. The normalized spacial score (nSPS) is 14.0. The summed E-state index contributed by atoms with van der Waals surface area (Å²) >= 11 is 0. The van der Waals surface area contributed by atoms with Gasteiger partial charge in [0.05, 0.1) is 6.10 Å². The molecule has 1 aliphatic carbocycles. The van der Waals surface area contributed by atoms with E-state index in [2.05, 4.69) is 20.5 Å². The van der Waals surface area contributed by atoms with E-state index in [1.807, 2.05) is 13.8 Å². The van der Waals surface area contributed by atoms with E-state index >= 15 is 0 Å². The number of aromatic amines is 1. The maximum absolute atomic E-state index is 12.8. The molecule has 3 aromatic heterocycles. The summed E-state index contributed by atoms with van der Waals surface area (Å²) in [5.41, 5.74) is 0.765. The number of ether oxygens (including phenoxy) is 1. The molecule has 134 valence electrons. The standard InChI is InChI=1S/C18H19N5O3/c1-10(2)26-17-13(8-11-9-19-22-15(11)21-17)16(24)20-14-4-3-7-23(18(14)25)12-5-6-12/h3-4,7-10,12H,5-6H2,1-2H3,(H,20,24)(H,19,21,22). The third kappa shape index (κ3) is 3.05. The molecule has 0 spiro atoms. The van der Waals surface area contributed by atoms with Crippen molar-refractivity contribution in [1.82, 2.24) is 19.7 Å². The molecular formula is C18H19N5O3. The lowest BCUT2D eigenvalue weighted by Crippen LogP contribution is -2.25. The molecule has 0 aromatic carbocycles. The van der Waals surface area contributed by atoms with Crippen LogP contribution in [-0.2, 0) is 0 Å². The van der Waals surface area contributed by atoms with Crippen LogP contribution in [0.1, 0.15) is 43.1 Å². The number of hydrogen-bond acceptors (Lipinski definition) is 5. The smallest absolute Gasteiger partial charge is 0.274 e. The fraction of sp³-hybridized carbons (Fsp3) is 0.333. The van der Waals surface area contributed by atoms with Crippen molar-refractivity contribution in [2.24, 2.45) is 0 Å². The highest BCUT2D eigenvalue weighted by Crippen LogP contribution is 2.33. The molecule has 3 aromatic rings. The van der Waals surface area contributed by atoms with Crippen LogP contribution >= 0.6 is 0 Å². The van der Waals surface area contributed by atoms with Crippen molar-refractivity contribution in [1.29, 1.82) is 0 Å². The zero-order valence-corrected chi connectivity index (χ0v) is 14.5. The Morgan fingerprint density at radius 2 is 2.23 bits per heavy atom. The van der Waals surface area contributed by atoms with Gasteiger partial charge in [-0.15, -0.1) is 0 Å². The third-order valence-electron chi connectivity index (χ3n) is 4.14. The van der Waals surface area contributed by atoms with E-state index in [1.165, 1.54) is 0 Å². The first-order valence-electron chi connectivity index (χ1n) is 8.56. The van der Waals surface area contributed by atoms with Crippen LogP contribution in [0.5, 0.6) is 5.88 Å². The van der Waals surface area contributed by atoms with Crippen molar-refractivity contribution in [2.75, 3.05) is 5.32 Å². The maximum Gasteiger partial charge on any atom is 0.274 e. The van der Waals surface area contributed by atoms with Gasteiger partial charge in [-0.1, -0.05) is 0 Å². The van der Waals surface area contributed by atoms with Gasteiger partial charge in [0, 0.05) is 23.8 Å². The number of carbonyl (C=O) groups excluding carboxylic acids is 1. The van der Waals surface area contributed by atoms with Gasteiger partial charge < -0.3 is 14.6 Å². The topological polar surface area (TPSA) is 102 Å². The number of hydrogen-bond donors (Lipinski definition) is 2. The molecule has 1 saturated carbocycles. The van der Waals surface area contributed by atoms with Gasteiger partial charge in [0.25, 0.3) is 11.5 Å². The van der Waals surface area contributed by atoms with E-state index in [1.54, 1.807) is 35.2 Å². The zero-order valence-electron chi connectivity index (χ0n) is 14.5. The minimum absolute atomic E-state index is 0.158. The van der Waals surface area contributed by atoms with E-state index in [0.717, 1.165) is 12.8 Å². The van der Waals surface area contributed by atoms with Crippen molar-refractivity contribution in [2.45, 2.75) is 38.8 Å². The molecule has 4 rings (SSSR count). The van der Waals surface area contributed by atoms with Gasteiger partial charge in [-0.3, -0.25) is 14.7 Å². The Bertz CT molecular complexity index is 1030. The van der Waals surface area contributed by atoms with Crippen LogP contribution in [0.3, 0.4) is 0 Å². The molecule has 26 heavy (non-hydrogen) atoms. The number of fused-ring (bicyclic) bond motifs is 1. The van der Waals surface area contributed by atoms with Gasteiger partial charge in [0.15, 0.2) is 5.65 Å². The third-order valence-corrected chi connectivity index (χ3v) is 4.14. The molecule has 2 N–H and O–H groups in total. The van der Waals surface area contributed by atoms with Crippen LogP contribution in [-0.4, -0.2) is 31.8 Å². The van der Waals surface area contributed by atoms with E-state index < -0.39 is 5.91 Å². The summed E-state index contributed by atoms with van der Waals surface area (Å²) in [6.45, 7) is 3.70. The molecule has 0 atom stereocenters. The number of nitrogens with zero attached hydrogens (tertiary/aromatic N) is 3. The lowest BCUT2D eigenvalue weighted by Gasteiger charge is -2.13. The van der Waals surface area contributed by atoms with Crippen LogP contribution in [0.2, 0.25) is 0 Å². The highest BCUT2D eigenvalue weighted by Gasteiger charge is 2.25. The number of anilines is 1. The molecule has 3 heterocycles. The largest absolute Gasteiger partial charge is 0.474 e. The lowest BCUT2D eigenvalue weighted by molar-refractivity contribution is 0.102. The number of carbonyl (C=O) groups is 1. The van der Waals surface area contributed by atoms with Crippen LogP contribution in [0.25, 0.3) is 11.0 Å². The fourth-order valence-corrected chi connectivity index (χ4v) is 2.77.